The molecule has 0 saturated heterocycles. The minimum Gasteiger partial charge on any atom is -0.489 e. The van der Waals surface area contributed by atoms with Gasteiger partial charge in [0.15, 0.2) is 0 Å². The number of hydrogen-bond donors (Lipinski definition) is 1. The lowest BCUT2D eigenvalue weighted by Gasteiger charge is -2.00. The Labute approximate surface area is 131 Å². The number of allylic oxidation sites excluding steroid dienone is 1. The zero-order valence-corrected chi connectivity index (χ0v) is 12.8. The molecule has 108 valence electrons. The van der Waals surface area contributed by atoms with Crippen LogP contribution < -0.4 is 0 Å². The number of benzene rings is 1. The van der Waals surface area contributed by atoms with E-state index in [1.807, 2.05) is 6.07 Å². The Balaban J connectivity index is 2.31. The summed E-state index contributed by atoms with van der Waals surface area (Å²) < 4.78 is 9.41. The zero-order valence-electron chi connectivity index (χ0n) is 11.3. The number of fused-ring (bicyclic) bond motifs is 1. The number of aromatic amines is 1. The van der Waals surface area contributed by atoms with Crippen LogP contribution in [0.1, 0.15) is 5.69 Å². The third-order valence-electron chi connectivity index (χ3n) is 2.68. The molecule has 0 bridgehead atoms. The summed E-state index contributed by atoms with van der Waals surface area (Å²) in [5.41, 5.74) is 1.50. The topological polar surface area (TPSA) is 51.3 Å². The summed E-state index contributed by atoms with van der Waals surface area (Å²) >= 11 is 11.9. The predicted octanol–water partition coefficient (Wildman–Crippen LogP) is 3.53. The van der Waals surface area contributed by atoms with Gasteiger partial charge < -0.3 is 14.5 Å². The lowest BCUT2D eigenvalue weighted by molar-refractivity contribution is -0.139. The van der Waals surface area contributed by atoms with E-state index in [4.69, 9.17) is 27.9 Å². The Bertz CT molecular complexity index is 742. The van der Waals surface area contributed by atoms with Crippen molar-refractivity contribution in [3.8, 4) is 11.8 Å². The molecule has 6 heteroatoms. The number of aromatic nitrogens is 1. The number of halogens is 2. The molecule has 2 aromatic rings. The van der Waals surface area contributed by atoms with Crippen LogP contribution in [0.2, 0.25) is 10.0 Å². The van der Waals surface area contributed by atoms with Crippen LogP contribution in [0.4, 0.5) is 0 Å². The van der Waals surface area contributed by atoms with Gasteiger partial charge in [-0.2, -0.15) is 0 Å². The second-order valence-electron chi connectivity index (χ2n) is 4.01. The van der Waals surface area contributed by atoms with Crippen molar-refractivity contribution in [3.63, 3.8) is 0 Å². The Morgan fingerprint density at radius 2 is 1.90 bits per heavy atom. The van der Waals surface area contributed by atoms with E-state index >= 15 is 0 Å². The van der Waals surface area contributed by atoms with E-state index in [0.717, 1.165) is 10.9 Å². The van der Waals surface area contributed by atoms with Crippen molar-refractivity contribution < 1.29 is 14.3 Å². The van der Waals surface area contributed by atoms with Gasteiger partial charge >= 0.3 is 5.97 Å². The molecule has 4 nitrogen and oxygen atoms in total. The second-order valence-corrected chi connectivity index (χ2v) is 4.82. The van der Waals surface area contributed by atoms with Crippen LogP contribution in [0.3, 0.4) is 0 Å². The molecule has 0 fully saturated rings. The number of esters is 1. The van der Waals surface area contributed by atoms with Gasteiger partial charge in [0.2, 0.25) is 5.76 Å². The van der Waals surface area contributed by atoms with Crippen LogP contribution in [-0.2, 0) is 14.3 Å². The molecule has 0 saturated carbocycles. The fraction of sp³-hybridized carbons (Fsp3) is 0.133. The summed E-state index contributed by atoms with van der Waals surface area (Å²) in [6.45, 7) is 0. The highest BCUT2D eigenvalue weighted by atomic mass is 35.5. The summed E-state index contributed by atoms with van der Waals surface area (Å²) in [4.78, 5) is 14.4. The lowest BCUT2D eigenvalue weighted by atomic mass is 10.2. The molecular formula is C15H11Cl2NO3. The average Bonchev–Trinajstić information content (AvgIpc) is 2.85. The van der Waals surface area contributed by atoms with Crippen LogP contribution in [-0.4, -0.2) is 25.2 Å². The zero-order chi connectivity index (χ0) is 15.4. The summed E-state index contributed by atoms with van der Waals surface area (Å²) in [6.07, 6.45) is 1.34. The highest BCUT2D eigenvalue weighted by Crippen LogP contribution is 2.27. The van der Waals surface area contributed by atoms with Gasteiger partial charge in [0.25, 0.3) is 0 Å². The van der Waals surface area contributed by atoms with Gasteiger partial charge in [-0.15, -0.1) is 0 Å². The second kappa shape index (κ2) is 6.57. The fourth-order valence-corrected chi connectivity index (χ4v) is 2.01. The lowest BCUT2D eigenvalue weighted by Crippen LogP contribution is -2.05. The molecule has 1 N–H and O–H groups in total. The molecule has 1 aromatic carbocycles. The van der Waals surface area contributed by atoms with E-state index in [9.17, 15) is 4.79 Å². The Hall–Kier alpha value is -2.09. The number of ether oxygens (including phenoxy) is 2. The predicted molar refractivity (Wildman–Crippen MR) is 82.3 cm³/mol. The maximum absolute atomic E-state index is 11.3. The van der Waals surface area contributed by atoms with E-state index in [-0.39, 0.29) is 5.76 Å². The monoisotopic (exact) mass is 323 g/mol. The van der Waals surface area contributed by atoms with Crippen LogP contribution >= 0.6 is 23.2 Å². The van der Waals surface area contributed by atoms with Crippen molar-refractivity contribution in [1.29, 1.82) is 0 Å². The molecule has 0 aliphatic heterocycles. The third-order valence-corrected chi connectivity index (χ3v) is 3.40. The van der Waals surface area contributed by atoms with E-state index in [1.165, 1.54) is 20.3 Å². The van der Waals surface area contributed by atoms with Crippen LogP contribution in [0.5, 0.6) is 0 Å². The quantitative estimate of drug-likeness (QED) is 0.398. The maximum Gasteiger partial charge on any atom is 0.373 e. The van der Waals surface area contributed by atoms with E-state index < -0.39 is 5.97 Å². The number of rotatable bonds is 2. The van der Waals surface area contributed by atoms with Gasteiger partial charge in [-0.25, -0.2) is 4.79 Å². The number of carbonyl (C=O) groups is 1. The molecular weight excluding hydrogens is 313 g/mol. The van der Waals surface area contributed by atoms with Crippen molar-refractivity contribution in [2.24, 2.45) is 0 Å². The Morgan fingerprint density at radius 3 is 2.57 bits per heavy atom. The molecule has 0 aliphatic rings. The molecule has 0 aliphatic carbocycles. The summed E-state index contributed by atoms with van der Waals surface area (Å²) in [6, 6.07) is 5.32. The van der Waals surface area contributed by atoms with Crippen molar-refractivity contribution in [3.05, 3.63) is 45.8 Å². The molecule has 21 heavy (non-hydrogen) atoms. The fourth-order valence-electron chi connectivity index (χ4n) is 1.68. The smallest absolute Gasteiger partial charge is 0.373 e. The number of H-pyrrole nitrogens is 1. The standard InChI is InChI=1S/C15H11Cl2NO3/c1-20-14(15(19)21-2)5-3-4-10-6-9-7-11(16)12(17)8-13(9)18-10/h5-8,18H,1-2H3/b14-5-. The van der Waals surface area contributed by atoms with Crippen LogP contribution in [0, 0.1) is 11.8 Å². The minimum atomic E-state index is -0.581. The number of nitrogens with one attached hydrogen (secondary N) is 1. The summed E-state index contributed by atoms with van der Waals surface area (Å²) in [7, 11) is 2.64. The molecule has 0 amide bonds. The molecule has 0 spiro atoms. The Kier molecular flexibility index (Phi) is 4.79. The van der Waals surface area contributed by atoms with E-state index in [1.54, 1.807) is 12.1 Å². The SMILES string of the molecule is COC(=O)/C(=C/C#Cc1cc2cc(Cl)c(Cl)cc2[nH]1)OC. The first kappa shape index (κ1) is 15.3. The molecule has 1 aromatic heterocycles. The molecule has 2 rings (SSSR count). The van der Waals surface area contributed by atoms with Crippen LogP contribution in [0.25, 0.3) is 10.9 Å². The molecule has 1 heterocycles. The molecule has 0 radical (unpaired) electrons. The average molecular weight is 324 g/mol. The first-order chi connectivity index (χ1) is 10.0. The van der Waals surface area contributed by atoms with E-state index in [2.05, 4.69) is 21.6 Å². The highest BCUT2D eigenvalue weighted by molar-refractivity contribution is 6.42. The van der Waals surface area contributed by atoms with Gasteiger partial charge in [0.05, 0.1) is 30.0 Å². The first-order valence-electron chi connectivity index (χ1n) is 5.87. The number of methoxy groups -OCH3 is 2. The van der Waals surface area contributed by atoms with Gasteiger partial charge in [0.1, 0.15) is 0 Å². The minimum absolute atomic E-state index is 0.0344. The van der Waals surface area contributed by atoms with E-state index in [0.29, 0.717) is 15.7 Å². The Morgan fingerprint density at radius 1 is 1.19 bits per heavy atom. The van der Waals surface area contributed by atoms with Gasteiger partial charge in [-0.3, -0.25) is 0 Å². The largest absolute Gasteiger partial charge is 0.489 e. The number of carbonyl (C=O) groups excluding carboxylic acids is 1. The van der Waals surface area contributed by atoms with Crippen molar-refractivity contribution in [1.82, 2.24) is 4.98 Å². The first-order valence-corrected chi connectivity index (χ1v) is 6.62. The highest BCUT2D eigenvalue weighted by Gasteiger charge is 2.07. The number of hydrogen-bond acceptors (Lipinski definition) is 3. The van der Waals surface area contributed by atoms with Gasteiger partial charge in [-0.05, 0) is 24.1 Å². The third kappa shape index (κ3) is 3.52. The van der Waals surface area contributed by atoms with Crippen molar-refractivity contribution in [2.45, 2.75) is 0 Å². The summed E-state index contributed by atoms with van der Waals surface area (Å²) in [5.74, 6) is 5.04. The van der Waals surface area contributed by atoms with Gasteiger partial charge in [-0.1, -0.05) is 29.1 Å². The van der Waals surface area contributed by atoms with Crippen molar-refractivity contribution in [2.75, 3.05) is 14.2 Å². The molecule has 0 unspecified atom stereocenters. The molecule has 0 atom stereocenters. The van der Waals surface area contributed by atoms with Crippen molar-refractivity contribution >= 4 is 40.1 Å². The normalized spacial score (nSPS) is 11.0. The van der Waals surface area contributed by atoms with Gasteiger partial charge in [0, 0.05) is 17.0 Å². The maximum atomic E-state index is 11.3. The summed E-state index contributed by atoms with van der Waals surface area (Å²) in [5, 5.41) is 1.85. The van der Waals surface area contributed by atoms with Crippen LogP contribution in [0.15, 0.2) is 30.0 Å².